The number of hydrogen-bond acceptors (Lipinski definition) is 4. The first-order chi connectivity index (χ1) is 12.9. The molecule has 0 saturated carbocycles. The van der Waals surface area contributed by atoms with Crippen LogP contribution in [0.15, 0.2) is 52.6 Å². The van der Waals surface area contributed by atoms with Crippen LogP contribution in [0, 0.1) is 17.5 Å². The molecule has 27 heavy (non-hydrogen) atoms. The van der Waals surface area contributed by atoms with Crippen molar-refractivity contribution in [3.05, 3.63) is 76.2 Å². The summed E-state index contributed by atoms with van der Waals surface area (Å²) in [7, 11) is 0. The van der Waals surface area contributed by atoms with Gasteiger partial charge >= 0.3 is 0 Å². The highest BCUT2D eigenvalue weighted by atomic mass is 35.5. The summed E-state index contributed by atoms with van der Waals surface area (Å²) in [5.74, 6) is -1.73. The second kappa shape index (κ2) is 8.02. The van der Waals surface area contributed by atoms with Crippen molar-refractivity contribution in [2.45, 2.75) is 26.2 Å². The number of anilines is 1. The Labute approximate surface area is 159 Å². The van der Waals surface area contributed by atoms with Gasteiger partial charge in [-0.25, -0.2) is 18.2 Å². The van der Waals surface area contributed by atoms with E-state index in [-0.39, 0.29) is 35.3 Å². The topological polar surface area (TPSA) is 50.8 Å². The predicted molar refractivity (Wildman–Crippen MR) is 98.8 cm³/mol. The van der Waals surface area contributed by atoms with Crippen molar-refractivity contribution in [1.82, 2.24) is 0 Å². The predicted octanol–water partition coefficient (Wildman–Crippen LogP) is 4.42. The summed E-state index contributed by atoms with van der Waals surface area (Å²) >= 11 is 6.21. The van der Waals surface area contributed by atoms with Gasteiger partial charge in [0.2, 0.25) is 5.90 Å². The minimum absolute atomic E-state index is 0.0968. The maximum Gasteiger partial charge on any atom is 0.231 e. The highest BCUT2D eigenvalue weighted by molar-refractivity contribution is 6.42. The molecule has 0 saturated heterocycles. The van der Waals surface area contributed by atoms with Crippen molar-refractivity contribution in [2.24, 2.45) is 10.7 Å². The van der Waals surface area contributed by atoms with Gasteiger partial charge in [0.1, 0.15) is 35.3 Å². The van der Waals surface area contributed by atoms with E-state index in [0.717, 1.165) is 17.7 Å². The molecule has 0 aliphatic carbocycles. The van der Waals surface area contributed by atoms with E-state index >= 15 is 0 Å². The molecule has 8 heteroatoms. The van der Waals surface area contributed by atoms with Crippen LogP contribution in [-0.4, -0.2) is 12.1 Å². The Balaban J connectivity index is 1.78. The lowest BCUT2D eigenvalue weighted by molar-refractivity contribution is 0.284. The van der Waals surface area contributed by atoms with Crippen molar-refractivity contribution < 1.29 is 17.9 Å². The fourth-order valence-electron chi connectivity index (χ4n) is 2.62. The lowest BCUT2D eigenvalue weighted by Crippen LogP contribution is -2.33. The van der Waals surface area contributed by atoms with Crippen molar-refractivity contribution in [2.75, 3.05) is 4.90 Å². The number of nitrogens with two attached hydrogens (primary N) is 1. The van der Waals surface area contributed by atoms with Gasteiger partial charge in [0.05, 0.1) is 5.69 Å². The van der Waals surface area contributed by atoms with E-state index in [1.807, 2.05) is 0 Å². The third kappa shape index (κ3) is 4.26. The Bertz CT molecular complexity index is 917. The largest absolute Gasteiger partial charge is 0.472 e. The molecule has 4 nitrogen and oxygen atoms in total. The van der Waals surface area contributed by atoms with Gasteiger partial charge in [-0.1, -0.05) is 17.7 Å². The summed E-state index contributed by atoms with van der Waals surface area (Å²) in [6.45, 7) is 1.84. The maximum atomic E-state index is 14.2. The Morgan fingerprint density at radius 3 is 2.63 bits per heavy atom. The van der Waals surface area contributed by atoms with Crippen LogP contribution in [0.4, 0.5) is 18.9 Å². The molecule has 2 aromatic rings. The van der Waals surface area contributed by atoms with Crippen molar-refractivity contribution in [3.63, 3.8) is 0 Å². The summed E-state index contributed by atoms with van der Waals surface area (Å²) in [6.07, 6.45) is 0.983. The van der Waals surface area contributed by atoms with Crippen LogP contribution in [0.25, 0.3) is 0 Å². The monoisotopic (exact) mass is 395 g/mol. The van der Waals surface area contributed by atoms with Gasteiger partial charge in [-0.3, -0.25) is 0 Å². The number of benzene rings is 2. The third-order valence-electron chi connectivity index (χ3n) is 4.07. The molecule has 0 aromatic heterocycles. The molecule has 0 fully saturated rings. The highest BCUT2D eigenvalue weighted by Crippen LogP contribution is 2.28. The minimum atomic E-state index is -0.721. The minimum Gasteiger partial charge on any atom is -0.472 e. The van der Waals surface area contributed by atoms with Crippen LogP contribution in [0.2, 0.25) is 0 Å². The quantitative estimate of drug-likeness (QED) is 0.833. The number of ether oxygens (including phenoxy) is 1. The highest BCUT2D eigenvalue weighted by Gasteiger charge is 2.24. The Kier molecular flexibility index (Phi) is 5.72. The summed E-state index contributed by atoms with van der Waals surface area (Å²) < 4.78 is 46.4. The number of hydrogen-bond donors (Lipinski definition) is 1. The molecule has 1 heterocycles. The summed E-state index contributed by atoms with van der Waals surface area (Å²) in [6, 6.07) is 7.76. The molecule has 1 atom stereocenters. The molecule has 0 bridgehead atoms. The van der Waals surface area contributed by atoms with Gasteiger partial charge in [-0.05, 0) is 36.8 Å². The zero-order chi connectivity index (χ0) is 19.6. The zero-order valence-electron chi connectivity index (χ0n) is 14.4. The second-order valence-corrected chi connectivity index (χ2v) is 6.37. The fraction of sp³-hybridized carbons (Fsp3) is 0.211. The number of nitrogens with zero attached hydrogens (tertiary/aromatic N) is 2. The number of aliphatic imine (C=N–C) groups is 1. The van der Waals surface area contributed by atoms with Crippen LogP contribution in [0.5, 0.6) is 0 Å². The van der Waals surface area contributed by atoms with Crippen LogP contribution in [0.1, 0.15) is 18.1 Å². The first-order valence-electron chi connectivity index (χ1n) is 8.18. The summed E-state index contributed by atoms with van der Waals surface area (Å²) in [5, 5.41) is 0.133. The van der Waals surface area contributed by atoms with Gasteiger partial charge in [-0.2, -0.15) is 0 Å². The van der Waals surface area contributed by atoms with E-state index in [1.165, 1.54) is 18.3 Å². The van der Waals surface area contributed by atoms with Gasteiger partial charge in [0, 0.05) is 24.4 Å². The molecular formula is C19H17ClF3N3O. The number of halogens is 4. The van der Waals surface area contributed by atoms with E-state index < -0.39 is 23.6 Å². The van der Waals surface area contributed by atoms with Gasteiger partial charge in [0.15, 0.2) is 0 Å². The normalized spacial score (nSPS) is 16.8. The number of rotatable bonds is 4. The average molecular weight is 396 g/mol. The van der Waals surface area contributed by atoms with Crippen LogP contribution >= 0.6 is 11.6 Å². The van der Waals surface area contributed by atoms with Crippen molar-refractivity contribution >= 4 is 23.2 Å². The summed E-state index contributed by atoms with van der Waals surface area (Å²) in [4.78, 5) is 5.86. The molecule has 0 amide bonds. The van der Waals surface area contributed by atoms with E-state index in [1.54, 1.807) is 24.0 Å². The molecule has 2 aromatic carbocycles. The smallest absolute Gasteiger partial charge is 0.231 e. The zero-order valence-corrected chi connectivity index (χ0v) is 15.2. The third-order valence-corrected chi connectivity index (χ3v) is 4.33. The van der Waals surface area contributed by atoms with Crippen molar-refractivity contribution in [1.29, 1.82) is 0 Å². The van der Waals surface area contributed by atoms with E-state index in [0.29, 0.717) is 0 Å². The van der Waals surface area contributed by atoms with Crippen LogP contribution in [0.3, 0.4) is 0 Å². The maximum absolute atomic E-state index is 14.2. The molecule has 2 N–H and O–H groups in total. The second-order valence-electron chi connectivity index (χ2n) is 5.96. The van der Waals surface area contributed by atoms with E-state index in [4.69, 9.17) is 22.1 Å². The molecule has 3 rings (SSSR count). The van der Waals surface area contributed by atoms with Gasteiger partial charge in [0.25, 0.3) is 0 Å². The molecule has 0 spiro atoms. The molecular weight excluding hydrogens is 379 g/mol. The summed E-state index contributed by atoms with van der Waals surface area (Å²) in [5.41, 5.74) is 6.83. The lowest BCUT2D eigenvalue weighted by atomic mass is 10.1. The van der Waals surface area contributed by atoms with Crippen LogP contribution < -0.4 is 10.6 Å². The lowest BCUT2D eigenvalue weighted by Gasteiger charge is -2.30. The molecule has 1 aliphatic heterocycles. The first kappa shape index (κ1) is 19.3. The molecule has 1 aliphatic rings. The molecule has 1 unspecified atom stereocenters. The van der Waals surface area contributed by atoms with Crippen LogP contribution in [-0.2, 0) is 17.9 Å². The Morgan fingerprint density at radius 1 is 1.15 bits per heavy atom. The first-order valence-corrected chi connectivity index (χ1v) is 8.56. The van der Waals surface area contributed by atoms with Gasteiger partial charge < -0.3 is 15.4 Å². The molecule has 142 valence electrons. The standard InChI is InChI=1S/C19H17ClF3N3O/c1-11-25-19(27-10-13-3-4-14(21)7-17(13)23)15(20)9-26(11)18-6-12(8-24)2-5-16(18)22/h2-7,9,11H,8,10,24H2,1H3. The van der Waals surface area contributed by atoms with E-state index in [9.17, 15) is 13.2 Å². The molecule has 0 radical (unpaired) electrons. The van der Waals surface area contributed by atoms with Crippen molar-refractivity contribution in [3.8, 4) is 0 Å². The Hall–Kier alpha value is -2.51. The Morgan fingerprint density at radius 2 is 1.93 bits per heavy atom. The fourth-order valence-corrected chi connectivity index (χ4v) is 2.83. The van der Waals surface area contributed by atoms with Gasteiger partial charge in [-0.15, -0.1) is 0 Å². The van der Waals surface area contributed by atoms with E-state index in [2.05, 4.69) is 4.99 Å². The average Bonchev–Trinajstić information content (AvgIpc) is 2.64. The SMILES string of the molecule is CC1N=C(OCc2ccc(F)cc2F)C(Cl)=CN1c1cc(CN)ccc1F.